The highest BCUT2D eigenvalue weighted by Gasteiger charge is 2.18. The number of carbonyl (C=O) groups is 1. The van der Waals surface area contributed by atoms with Crippen molar-refractivity contribution in [1.29, 1.82) is 0 Å². The predicted molar refractivity (Wildman–Crippen MR) is 79.2 cm³/mol. The molecule has 0 radical (unpaired) electrons. The molecule has 0 spiro atoms. The Morgan fingerprint density at radius 1 is 1.40 bits per heavy atom. The van der Waals surface area contributed by atoms with Crippen LogP contribution in [0, 0.1) is 0 Å². The Kier molecular flexibility index (Phi) is 5.68. The molecular formula is C14H27N5O. The third kappa shape index (κ3) is 5.28. The van der Waals surface area contributed by atoms with Crippen LogP contribution in [0.1, 0.15) is 59.7 Å². The quantitative estimate of drug-likeness (QED) is 0.831. The fourth-order valence-electron chi connectivity index (χ4n) is 1.53. The monoisotopic (exact) mass is 281 g/mol. The highest BCUT2D eigenvalue weighted by Crippen LogP contribution is 2.07. The van der Waals surface area contributed by atoms with Gasteiger partial charge in [-0.05, 0) is 41.0 Å². The average Bonchev–Trinajstić information content (AvgIpc) is 2.83. The van der Waals surface area contributed by atoms with Gasteiger partial charge in [0.15, 0.2) is 0 Å². The fraction of sp³-hybridized carbons (Fsp3) is 0.786. The molecule has 0 saturated carbocycles. The van der Waals surface area contributed by atoms with Crippen LogP contribution in [0.4, 0.5) is 0 Å². The fourth-order valence-corrected chi connectivity index (χ4v) is 1.53. The molecule has 2 unspecified atom stereocenters. The molecule has 20 heavy (non-hydrogen) atoms. The Hall–Kier alpha value is -1.43. The zero-order valence-electron chi connectivity index (χ0n) is 13.4. The largest absolute Gasteiger partial charge is 0.352 e. The van der Waals surface area contributed by atoms with E-state index in [4.69, 9.17) is 0 Å². The number of amides is 1. The van der Waals surface area contributed by atoms with E-state index in [1.807, 2.05) is 27.0 Å². The Balaban J connectivity index is 2.59. The topological polar surface area (TPSA) is 71.8 Å². The summed E-state index contributed by atoms with van der Waals surface area (Å²) in [6.45, 7) is 12.8. The first-order chi connectivity index (χ1) is 9.23. The van der Waals surface area contributed by atoms with E-state index < -0.39 is 0 Å². The van der Waals surface area contributed by atoms with Crippen LogP contribution in [0.3, 0.4) is 0 Å². The summed E-state index contributed by atoms with van der Waals surface area (Å²) >= 11 is 0. The maximum atomic E-state index is 12.0. The standard InChI is InChI=1S/C14H27N5O/c1-7-10(2)16-13(20)11(3)19-9-12(17-18-19)8-15-14(4,5)6/h9-11,15H,7-8H2,1-6H3,(H,16,20). The number of aromatic nitrogens is 3. The summed E-state index contributed by atoms with van der Waals surface area (Å²) < 4.78 is 1.61. The van der Waals surface area contributed by atoms with Crippen molar-refractivity contribution in [2.75, 3.05) is 0 Å². The molecule has 2 atom stereocenters. The summed E-state index contributed by atoms with van der Waals surface area (Å²) in [7, 11) is 0. The molecule has 0 aromatic carbocycles. The van der Waals surface area contributed by atoms with Gasteiger partial charge in [-0.2, -0.15) is 0 Å². The first-order valence-electron chi connectivity index (χ1n) is 7.19. The zero-order valence-corrected chi connectivity index (χ0v) is 13.4. The second kappa shape index (κ2) is 6.83. The molecule has 1 amide bonds. The second-order valence-corrected chi connectivity index (χ2v) is 6.29. The summed E-state index contributed by atoms with van der Waals surface area (Å²) in [6.07, 6.45) is 2.73. The van der Waals surface area contributed by atoms with Gasteiger partial charge in [0.2, 0.25) is 5.91 Å². The van der Waals surface area contributed by atoms with Crippen molar-refractivity contribution in [2.24, 2.45) is 0 Å². The summed E-state index contributed by atoms with van der Waals surface area (Å²) in [5, 5.41) is 14.4. The van der Waals surface area contributed by atoms with E-state index in [-0.39, 0.29) is 23.5 Å². The van der Waals surface area contributed by atoms with Gasteiger partial charge >= 0.3 is 0 Å². The molecule has 0 aliphatic carbocycles. The smallest absolute Gasteiger partial charge is 0.244 e. The van der Waals surface area contributed by atoms with Crippen LogP contribution >= 0.6 is 0 Å². The molecule has 1 aromatic heterocycles. The Morgan fingerprint density at radius 2 is 2.05 bits per heavy atom. The van der Waals surface area contributed by atoms with E-state index in [2.05, 4.69) is 41.7 Å². The molecule has 114 valence electrons. The molecule has 6 nitrogen and oxygen atoms in total. The van der Waals surface area contributed by atoms with Gasteiger partial charge < -0.3 is 10.6 Å². The van der Waals surface area contributed by atoms with Gasteiger partial charge in [-0.1, -0.05) is 12.1 Å². The summed E-state index contributed by atoms with van der Waals surface area (Å²) in [5.74, 6) is -0.0282. The van der Waals surface area contributed by atoms with Crippen LogP contribution in [0.15, 0.2) is 6.20 Å². The molecule has 0 fully saturated rings. The maximum Gasteiger partial charge on any atom is 0.244 e. The van der Waals surface area contributed by atoms with E-state index in [1.165, 1.54) is 0 Å². The molecule has 0 bridgehead atoms. The molecule has 1 heterocycles. The minimum atomic E-state index is -0.347. The van der Waals surface area contributed by atoms with E-state index in [0.717, 1.165) is 12.1 Å². The lowest BCUT2D eigenvalue weighted by molar-refractivity contribution is -0.124. The number of nitrogens with zero attached hydrogens (tertiary/aromatic N) is 3. The SMILES string of the molecule is CCC(C)NC(=O)C(C)n1cc(CNC(C)(C)C)nn1. The van der Waals surface area contributed by atoms with Crippen LogP contribution in [0.25, 0.3) is 0 Å². The third-order valence-electron chi connectivity index (χ3n) is 3.13. The van der Waals surface area contributed by atoms with Crippen molar-refractivity contribution >= 4 is 5.91 Å². The lowest BCUT2D eigenvalue weighted by Gasteiger charge is -2.19. The second-order valence-electron chi connectivity index (χ2n) is 6.29. The highest BCUT2D eigenvalue weighted by atomic mass is 16.2. The molecule has 0 aliphatic rings. The maximum absolute atomic E-state index is 12.0. The number of hydrogen-bond acceptors (Lipinski definition) is 4. The minimum Gasteiger partial charge on any atom is -0.352 e. The Bertz CT molecular complexity index is 435. The van der Waals surface area contributed by atoms with Crippen molar-refractivity contribution in [3.8, 4) is 0 Å². The molecule has 0 saturated heterocycles. The van der Waals surface area contributed by atoms with Crippen LogP contribution < -0.4 is 10.6 Å². The normalized spacial score (nSPS) is 14.9. The molecule has 1 rings (SSSR count). The highest BCUT2D eigenvalue weighted by molar-refractivity contribution is 5.79. The van der Waals surface area contributed by atoms with Crippen molar-refractivity contribution < 1.29 is 4.79 Å². The summed E-state index contributed by atoms with van der Waals surface area (Å²) in [5.41, 5.74) is 0.867. The molecule has 2 N–H and O–H groups in total. The van der Waals surface area contributed by atoms with E-state index in [0.29, 0.717) is 6.54 Å². The van der Waals surface area contributed by atoms with Gasteiger partial charge in [0.05, 0.1) is 11.9 Å². The van der Waals surface area contributed by atoms with Crippen molar-refractivity contribution in [3.05, 3.63) is 11.9 Å². The van der Waals surface area contributed by atoms with Gasteiger partial charge in [0.25, 0.3) is 0 Å². The Labute approximate surface area is 121 Å². The van der Waals surface area contributed by atoms with Crippen molar-refractivity contribution in [3.63, 3.8) is 0 Å². The molecular weight excluding hydrogens is 254 g/mol. The molecule has 0 aliphatic heterocycles. The van der Waals surface area contributed by atoms with E-state index in [1.54, 1.807) is 4.68 Å². The van der Waals surface area contributed by atoms with Gasteiger partial charge in [-0.3, -0.25) is 4.79 Å². The van der Waals surface area contributed by atoms with E-state index in [9.17, 15) is 4.79 Å². The summed E-state index contributed by atoms with van der Waals surface area (Å²) in [4.78, 5) is 12.0. The van der Waals surface area contributed by atoms with Crippen LogP contribution in [-0.4, -0.2) is 32.5 Å². The third-order valence-corrected chi connectivity index (χ3v) is 3.13. The van der Waals surface area contributed by atoms with Crippen molar-refractivity contribution in [1.82, 2.24) is 25.6 Å². The lowest BCUT2D eigenvalue weighted by Crippen LogP contribution is -2.37. The summed E-state index contributed by atoms with van der Waals surface area (Å²) in [6, 6.07) is -0.171. The van der Waals surface area contributed by atoms with Crippen LogP contribution in [0.5, 0.6) is 0 Å². The van der Waals surface area contributed by atoms with Gasteiger partial charge in [0.1, 0.15) is 6.04 Å². The first kappa shape index (κ1) is 16.6. The molecule has 1 aromatic rings. The number of rotatable bonds is 6. The predicted octanol–water partition coefficient (Wildman–Crippen LogP) is 1.64. The zero-order chi connectivity index (χ0) is 15.3. The minimum absolute atomic E-state index is 0.0282. The Morgan fingerprint density at radius 3 is 2.60 bits per heavy atom. The van der Waals surface area contributed by atoms with Crippen molar-refractivity contribution in [2.45, 2.75) is 72.1 Å². The van der Waals surface area contributed by atoms with Crippen LogP contribution in [0.2, 0.25) is 0 Å². The first-order valence-corrected chi connectivity index (χ1v) is 7.19. The van der Waals surface area contributed by atoms with Gasteiger partial charge in [-0.25, -0.2) is 4.68 Å². The van der Waals surface area contributed by atoms with Gasteiger partial charge in [-0.15, -0.1) is 5.10 Å². The number of hydrogen-bond donors (Lipinski definition) is 2. The number of carbonyl (C=O) groups excluding carboxylic acids is 1. The lowest BCUT2D eigenvalue weighted by atomic mass is 10.1. The van der Waals surface area contributed by atoms with Crippen LogP contribution in [-0.2, 0) is 11.3 Å². The number of nitrogens with one attached hydrogen (secondary N) is 2. The van der Waals surface area contributed by atoms with Gasteiger partial charge in [0, 0.05) is 18.1 Å². The van der Waals surface area contributed by atoms with E-state index >= 15 is 0 Å². The average molecular weight is 281 g/mol. The molecule has 6 heteroatoms.